The Balaban J connectivity index is 1.86. The van der Waals surface area contributed by atoms with Crippen LogP contribution in [-0.4, -0.2) is 38.2 Å². The van der Waals surface area contributed by atoms with Gasteiger partial charge in [-0.05, 0) is 77.8 Å². The highest BCUT2D eigenvalue weighted by atomic mass is 79.9. The van der Waals surface area contributed by atoms with Gasteiger partial charge >= 0.3 is 0 Å². The highest BCUT2D eigenvalue weighted by molar-refractivity contribution is 9.11. The minimum absolute atomic E-state index is 0.0592. The number of hydrazone groups is 1. The van der Waals surface area contributed by atoms with E-state index in [0.29, 0.717) is 16.9 Å². The Hall–Kier alpha value is -3.43. The van der Waals surface area contributed by atoms with Crippen LogP contribution in [0.2, 0.25) is 0 Å². The second-order valence-corrected chi connectivity index (χ2v) is 9.62. The molecule has 0 bridgehead atoms. The molecule has 3 aromatic rings. The average Bonchev–Trinajstić information content (AvgIpc) is 2.90. The number of nitrogens with one attached hydrogen (secondary N) is 2. The summed E-state index contributed by atoms with van der Waals surface area (Å²) in [6.45, 7) is 5.98. The van der Waals surface area contributed by atoms with Crippen molar-refractivity contribution in [1.29, 1.82) is 0 Å². The van der Waals surface area contributed by atoms with Crippen LogP contribution in [0.15, 0.2) is 86.5 Å². The van der Waals surface area contributed by atoms with Crippen LogP contribution in [0.1, 0.15) is 35.3 Å². The first-order chi connectivity index (χ1) is 17.9. The fourth-order valence-corrected chi connectivity index (χ4v) is 5.01. The summed E-state index contributed by atoms with van der Waals surface area (Å²) in [6.07, 6.45) is 3.09. The van der Waals surface area contributed by atoms with Crippen LogP contribution in [0.4, 0.5) is 5.69 Å². The smallest absolute Gasteiger partial charge is 0.287 e. The zero-order valence-electron chi connectivity index (χ0n) is 20.8. The third-order valence-electron chi connectivity index (χ3n) is 5.47. The van der Waals surface area contributed by atoms with Crippen molar-refractivity contribution in [1.82, 2.24) is 10.7 Å². The van der Waals surface area contributed by atoms with Gasteiger partial charge in [0.15, 0.2) is 0 Å². The number of anilines is 1. The van der Waals surface area contributed by atoms with Gasteiger partial charge in [0.25, 0.3) is 11.8 Å². The standard InChI is InChI=1S/C28H28Br2N4O3/c1-4-34(5-2)23-13-11-19(12-14-23)15-25(32-27(35)20-9-7-6-8-10-20)28(36)33-31-18-21-16-22(29)17-24(30)26(21)37-3/h6-18H,4-5H2,1-3H3,(H,32,35)(H,33,36)/b25-15+,31-18-. The molecule has 0 aliphatic heterocycles. The van der Waals surface area contributed by atoms with Crippen molar-refractivity contribution in [3.63, 3.8) is 0 Å². The molecule has 3 aromatic carbocycles. The van der Waals surface area contributed by atoms with Gasteiger partial charge < -0.3 is 15.0 Å². The fourth-order valence-electron chi connectivity index (χ4n) is 3.59. The zero-order valence-corrected chi connectivity index (χ0v) is 24.0. The summed E-state index contributed by atoms with van der Waals surface area (Å²) in [5.74, 6) is -0.396. The van der Waals surface area contributed by atoms with Gasteiger partial charge in [-0.1, -0.05) is 46.3 Å². The molecule has 0 aliphatic carbocycles. The van der Waals surface area contributed by atoms with Crippen LogP contribution < -0.4 is 20.4 Å². The molecule has 0 atom stereocenters. The number of methoxy groups -OCH3 is 1. The molecule has 0 heterocycles. The van der Waals surface area contributed by atoms with E-state index < -0.39 is 11.8 Å². The van der Waals surface area contributed by atoms with Gasteiger partial charge in [0.2, 0.25) is 0 Å². The van der Waals surface area contributed by atoms with E-state index in [-0.39, 0.29) is 5.70 Å². The van der Waals surface area contributed by atoms with E-state index >= 15 is 0 Å². The van der Waals surface area contributed by atoms with E-state index in [1.165, 1.54) is 6.21 Å². The molecule has 2 N–H and O–H groups in total. The molecule has 0 aliphatic rings. The number of hydrogen-bond acceptors (Lipinski definition) is 5. The van der Waals surface area contributed by atoms with Crippen LogP contribution in [0.5, 0.6) is 5.75 Å². The van der Waals surface area contributed by atoms with Crippen LogP contribution in [0, 0.1) is 0 Å². The second kappa shape index (κ2) is 13.8. The normalized spacial score (nSPS) is 11.3. The summed E-state index contributed by atoms with van der Waals surface area (Å²) in [6, 6.07) is 20.2. The molecular formula is C28H28Br2N4O3. The molecule has 0 saturated heterocycles. The fraction of sp³-hybridized carbons (Fsp3) is 0.179. The Labute approximate surface area is 233 Å². The summed E-state index contributed by atoms with van der Waals surface area (Å²) in [5, 5.41) is 6.81. The summed E-state index contributed by atoms with van der Waals surface area (Å²) >= 11 is 6.88. The van der Waals surface area contributed by atoms with Crippen molar-refractivity contribution in [3.8, 4) is 5.75 Å². The molecule has 0 unspecified atom stereocenters. The van der Waals surface area contributed by atoms with Gasteiger partial charge in [-0.15, -0.1) is 0 Å². The number of carbonyl (C=O) groups excluding carboxylic acids is 2. The third kappa shape index (κ3) is 7.77. The SMILES string of the molecule is CCN(CC)c1ccc(/C=C(/NC(=O)c2ccccc2)C(=O)N/N=C\c2cc(Br)cc(Br)c2OC)cc1. The maximum absolute atomic E-state index is 13.1. The Bertz CT molecular complexity index is 1290. The first-order valence-electron chi connectivity index (χ1n) is 11.7. The quantitative estimate of drug-likeness (QED) is 0.164. The molecule has 0 fully saturated rings. The van der Waals surface area contributed by atoms with E-state index in [2.05, 4.69) is 66.5 Å². The van der Waals surface area contributed by atoms with Crippen LogP contribution in [0.25, 0.3) is 6.08 Å². The average molecular weight is 628 g/mol. The van der Waals surface area contributed by atoms with E-state index in [1.54, 1.807) is 37.5 Å². The topological polar surface area (TPSA) is 83.0 Å². The van der Waals surface area contributed by atoms with Crippen molar-refractivity contribution in [2.45, 2.75) is 13.8 Å². The Morgan fingerprint density at radius 1 is 1.00 bits per heavy atom. The molecule has 0 saturated carbocycles. The van der Waals surface area contributed by atoms with E-state index in [4.69, 9.17) is 4.74 Å². The van der Waals surface area contributed by atoms with Crippen molar-refractivity contribution in [2.75, 3.05) is 25.1 Å². The minimum Gasteiger partial charge on any atom is -0.495 e. The van der Waals surface area contributed by atoms with Gasteiger partial charge in [0.05, 0.1) is 17.8 Å². The predicted octanol–water partition coefficient (Wildman–Crippen LogP) is 5.99. The number of amides is 2. The molecule has 2 amide bonds. The maximum Gasteiger partial charge on any atom is 0.287 e. The molecule has 37 heavy (non-hydrogen) atoms. The lowest BCUT2D eigenvalue weighted by Gasteiger charge is -2.21. The van der Waals surface area contributed by atoms with Gasteiger partial charge in [-0.2, -0.15) is 5.10 Å². The first-order valence-corrected chi connectivity index (χ1v) is 13.2. The number of rotatable bonds is 10. The largest absolute Gasteiger partial charge is 0.495 e. The highest BCUT2D eigenvalue weighted by Crippen LogP contribution is 2.31. The van der Waals surface area contributed by atoms with Crippen LogP contribution >= 0.6 is 31.9 Å². The van der Waals surface area contributed by atoms with Crippen molar-refractivity contribution >= 4 is 61.7 Å². The predicted molar refractivity (Wildman–Crippen MR) is 156 cm³/mol. The van der Waals surface area contributed by atoms with Crippen LogP contribution in [0.3, 0.4) is 0 Å². The molecule has 0 aromatic heterocycles. The Kier molecular flexibility index (Phi) is 10.5. The van der Waals surface area contributed by atoms with Gasteiger partial charge in [0, 0.05) is 34.4 Å². The maximum atomic E-state index is 13.1. The number of nitrogens with zero attached hydrogens (tertiary/aromatic N) is 2. The third-order valence-corrected chi connectivity index (χ3v) is 6.52. The van der Waals surface area contributed by atoms with Crippen molar-refractivity contribution in [2.24, 2.45) is 5.10 Å². The molecule has 9 heteroatoms. The van der Waals surface area contributed by atoms with E-state index in [1.807, 2.05) is 42.5 Å². The number of hydrogen-bond donors (Lipinski definition) is 2. The molecule has 192 valence electrons. The van der Waals surface area contributed by atoms with Gasteiger partial charge in [-0.25, -0.2) is 5.43 Å². The van der Waals surface area contributed by atoms with E-state index in [0.717, 1.165) is 33.3 Å². The summed E-state index contributed by atoms with van der Waals surface area (Å²) in [4.78, 5) is 28.1. The molecule has 7 nitrogen and oxygen atoms in total. The first kappa shape index (κ1) is 28.1. The lowest BCUT2D eigenvalue weighted by molar-refractivity contribution is -0.117. The van der Waals surface area contributed by atoms with Crippen LogP contribution in [-0.2, 0) is 4.79 Å². The monoisotopic (exact) mass is 626 g/mol. The zero-order chi connectivity index (χ0) is 26.8. The minimum atomic E-state index is -0.568. The Morgan fingerprint density at radius 2 is 1.68 bits per heavy atom. The Morgan fingerprint density at radius 3 is 2.30 bits per heavy atom. The van der Waals surface area contributed by atoms with Crippen molar-refractivity contribution < 1.29 is 14.3 Å². The van der Waals surface area contributed by atoms with Crippen molar-refractivity contribution in [3.05, 3.63) is 98.1 Å². The summed E-state index contributed by atoms with van der Waals surface area (Å²) in [7, 11) is 1.55. The summed E-state index contributed by atoms with van der Waals surface area (Å²) < 4.78 is 6.97. The van der Waals surface area contributed by atoms with Gasteiger partial charge in [0.1, 0.15) is 11.4 Å². The highest BCUT2D eigenvalue weighted by Gasteiger charge is 2.15. The number of carbonyl (C=O) groups is 2. The molecule has 0 radical (unpaired) electrons. The second-order valence-electron chi connectivity index (χ2n) is 7.85. The lowest BCUT2D eigenvalue weighted by Crippen LogP contribution is -2.32. The molecular weight excluding hydrogens is 600 g/mol. The van der Waals surface area contributed by atoms with Gasteiger partial charge in [-0.3, -0.25) is 9.59 Å². The van der Waals surface area contributed by atoms with E-state index in [9.17, 15) is 9.59 Å². The number of benzene rings is 3. The number of ether oxygens (including phenoxy) is 1. The lowest BCUT2D eigenvalue weighted by atomic mass is 10.1. The molecule has 0 spiro atoms. The number of halogens is 2. The summed E-state index contributed by atoms with van der Waals surface area (Å²) in [5.41, 5.74) is 5.49. The molecule has 3 rings (SSSR count).